The van der Waals surface area contributed by atoms with Gasteiger partial charge in [-0.05, 0) is 36.6 Å². The summed E-state index contributed by atoms with van der Waals surface area (Å²) < 4.78 is 0. The Balaban J connectivity index is 2.38. The van der Waals surface area contributed by atoms with Gasteiger partial charge in [0, 0.05) is 11.9 Å². The largest absolute Gasteiger partial charge is 0.478 e. The molecule has 2 aromatic heterocycles. The number of aryl methyl sites for hydroxylation is 1. The first-order chi connectivity index (χ1) is 9.45. The monoisotopic (exact) mass is 271 g/mol. The molecule has 2 N–H and O–H groups in total. The second-order valence-corrected chi connectivity index (χ2v) is 5.00. The van der Waals surface area contributed by atoms with Gasteiger partial charge >= 0.3 is 5.97 Å². The Labute approximate surface area is 117 Å². The number of pyridine rings is 2. The van der Waals surface area contributed by atoms with Crippen LogP contribution in [0.1, 0.15) is 41.4 Å². The van der Waals surface area contributed by atoms with Crippen molar-refractivity contribution in [1.29, 1.82) is 0 Å². The summed E-state index contributed by atoms with van der Waals surface area (Å²) >= 11 is 0. The highest BCUT2D eigenvalue weighted by molar-refractivity contribution is 5.88. The van der Waals surface area contributed by atoms with Crippen molar-refractivity contribution < 1.29 is 9.90 Å². The van der Waals surface area contributed by atoms with Crippen molar-refractivity contribution in [2.45, 2.75) is 26.7 Å². The Morgan fingerprint density at radius 1 is 1.25 bits per heavy atom. The van der Waals surface area contributed by atoms with E-state index in [0.717, 1.165) is 16.9 Å². The van der Waals surface area contributed by atoms with E-state index in [1.54, 1.807) is 18.5 Å². The van der Waals surface area contributed by atoms with E-state index in [1.165, 1.54) is 6.07 Å². The fourth-order valence-electron chi connectivity index (χ4n) is 1.81. The van der Waals surface area contributed by atoms with Crippen LogP contribution in [0.2, 0.25) is 0 Å². The third kappa shape index (κ3) is 3.32. The number of nitrogens with one attached hydrogen (secondary N) is 1. The van der Waals surface area contributed by atoms with Crippen LogP contribution in [-0.2, 0) is 0 Å². The van der Waals surface area contributed by atoms with E-state index < -0.39 is 5.97 Å². The molecule has 5 nitrogen and oxygen atoms in total. The molecule has 0 fully saturated rings. The van der Waals surface area contributed by atoms with E-state index in [1.807, 2.05) is 26.8 Å². The number of hydrogen-bond donors (Lipinski definition) is 2. The first-order valence-electron chi connectivity index (χ1n) is 6.39. The van der Waals surface area contributed by atoms with Gasteiger partial charge in [0.1, 0.15) is 5.82 Å². The molecule has 5 heteroatoms. The zero-order valence-corrected chi connectivity index (χ0v) is 11.7. The van der Waals surface area contributed by atoms with Crippen LogP contribution in [0.15, 0.2) is 30.6 Å². The van der Waals surface area contributed by atoms with Gasteiger partial charge in [0.05, 0.1) is 17.4 Å². The Morgan fingerprint density at radius 3 is 2.60 bits per heavy atom. The molecule has 0 bridgehead atoms. The molecule has 0 spiro atoms. The maximum absolute atomic E-state index is 11.2. The minimum absolute atomic E-state index is 0.158. The van der Waals surface area contributed by atoms with E-state index >= 15 is 0 Å². The zero-order valence-electron chi connectivity index (χ0n) is 11.7. The minimum Gasteiger partial charge on any atom is -0.478 e. The summed E-state index contributed by atoms with van der Waals surface area (Å²) in [5, 5.41) is 12.3. The molecule has 0 aromatic carbocycles. The molecule has 2 rings (SSSR count). The maximum Gasteiger partial charge on any atom is 0.335 e. The van der Waals surface area contributed by atoms with Crippen LogP contribution >= 0.6 is 0 Å². The molecule has 0 amide bonds. The lowest BCUT2D eigenvalue weighted by Crippen LogP contribution is -2.05. The molecule has 0 aliphatic carbocycles. The predicted molar refractivity (Wildman–Crippen MR) is 77.5 cm³/mol. The van der Waals surface area contributed by atoms with Gasteiger partial charge in [-0.15, -0.1) is 0 Å². The van der Waals surface area contributed by atoms with Gasteiger partial charge in [-0.2, -0.15) is 0 Å². The molecule has 0 saturated heterocycles. The molecule has 0 unspecified atom stereocenters. The van der Waals surface area contributed by atoms with E-state index in [4.69, 9.17) is 5.11 Å². The van der Waals surface area contributed by atoms with Gasteiger partial charge in [-0.25, -0.2) is 9.78 Å². The van der Waals surface area contributed by atoms with Crippen molar-refractivity contribution in [2.24, 2.45) is 0 Å². The Hall–Kier alpha value is -2.43. The van der Waals surface area contributed by atoms with E-state index in [9.17, 15) is 4.79 Å². The summed E-state index contributed by atoms with van der Waals surface area (Å²) in [6, 6.07) is 5.06. The molecule has 0 aliphatic rings. The summed E-state index contributed by atoms with van der Waals surface area (Å²) in [5.41, 5.74) is 2.78. The number of aromatic carboxylic acids is 1. The summed E-state index contributed by atoms with van der Waals surface area (Å²) in [4.78, 5) is 19.7. The van der Waals surface area contributed by atoms with Crippen molar-refractivity contribution in [1.82, 2.24) is 9.97 Å². The molecule has 20 heavy (non-hydrogen) atoms. The average molecular weight is 271 g/mol. The average Bonchev–Trinajstić information content (AvgIpc) is 2.38. The van der Waals surface area contributed by atoms with Gasteiger partial charge in [0.2, 0.25) is 0 Å². The molecule has 104 valence electrons. The summed E-state index contributed by atoms with van der Waals surface area (Å²) in [5.74, 6) is -0.286. The zero-order chi connectivity index (χ0) is 14.7. The highest BCUT2D eigenvalue weighted by atomic mass is 16.4. The van der Waals surface area contributed by atoms with Gasteiger partial charge in [-0.3, -0.25) is 4.98 Å². The standard InChI is InChI=1S/C15H17N3O2/c1-9(2)13-5-11(15(19)20)6-14(18-13)17-12-4-10(3)7-16-8-12/h4-9H,1-3H3,(H,17,18)(H,19,20). The summed E-state index contributed by atoms with van der Waals surface area (Å²) in [6.07, 6.45) is 3.43. The number of anilines is 2. The highest BCUT2D eigenvalue weighted by Gasteiger charge is 2.11. The summed E-state index contributed by atoms with van der Waals surface area (Å²) in [6.45, 7) is 5.90. The molecule has 2 heterocycles. The van der Waals surface area contributed by atoms with Gasteiger partial charge in [0.15, 0.2) is 0 Å². The number of carbonyl (C=O) groups is 1. The minimum atomic E-state index is -0.959. The van der Waals surface area contributed by atoms with E-state index in [-0.39, 0.29) is 11.5 Å². The molecule has 0 atom stereocenters. The SMILES string of the molecule is Cc1cncc(Nc2cc(C(=O)O)cc(C(C)C)n2)c1. The smallest absolute Gasteiger partial charge is 0.335 e. The predicted octanol–water partition coefficient (Wildman–Crippen LogP) is 3.35. The lowest BCUT2D eigenvalue weighted by Gasteiger charge is -2.11. The van der Waals surface area contributed by atoms with Crippen LogP contribution in [0.3, 0.4) is 0 Å². The van der Waals surface area contributed by atoms with Crippen molar-refractivity contribution in [3.8, 4) is 0 Å². The number of nitrogens with zero attached hydrogens (tertiary/aromatic N) is 2. The number of rotatable bonds is 4. The van der Waals surface area contributed by atoms with Crippen molar-refractivity contribution >= 4 is 17.5 Å². The number of aromatic nitrogens is 2. The lowest BCUT2D eigenvalue weighted by atomic mass is 10.1. The number of carboxylic acid groups (broad SMARTS) is 1. The van der Waals surface area contributed by atoms with Crippen LogP contribution in [0.4, 0.5) is 11.5 Å². The first-order valence-corrected chi connectivity index (χ1v) is 6.39. The molecule has 0 aliphatic heterocycles. The topological polar surface area (TPSA) is 75.1 Å². The number of carboxylic acids is 1. The second kappa shape index (κ2) is 5.69. The third-order valence-electron chi connectivity index (χ3n) is 2.83. The Morgan fingerprint density at radius 2 is 2.00 bits per heavy atom. The molecule has 0 saturated carbocycles. The normalized spacial score (nSPS) is 10.6. The van der Waals surface area contributed by atoms with Crippen molar-refractivity contribution in [3.63, 3.8) is 0 Å². The van der Waals surface area contributed by atoms with Crippen LogP contribution < -0.4 is 5.32 Å². The Kier molecular flexibility index (Phi) is 3.98. The number of hydrogen-bond acceptors (Lipinski definition) is 4. The first kappa shape index (κ1) is 14.0. The summed E-state index contributed by atoms with van der Waals surface area (Å²) in [7, 11) is 0. The van der Waals surface area contributed by atoms with Gasteiger partial charge in [0.25, 0.3) is 0 Å². The third-order valence-corrected chi connectivity index (χ3v) is 2.83. The molecular weight excluding hydrogens is 254 g/mol. The molecule has 0 radical (unpaired) electrons. The van der Waals surface area contributed by atoms with Crippen LogP contribution in [-0.4, -0.2) is 21.0 Å². The van der Waals surface area contributed by atoms with E-state index in [0.29, 0.717) is 5.82 Å². The lowest BCUT2D eigenvalue weighted by molar-refractivity contribution is 0.0696. The quantitative estimate of drug-likeness (QED) is 0.891. The fraction of sp³-hybridized carbons (Fsp3) is 0.267. The Bertz CT molecular complexity index is 639. The fourth-order valence-corrected chi connectivity index (χ4v) is 1.81. The van der Waals surface area contributed by atoms with Crippen molar-refractivity contribution in [3.05, 3.63) is 47.4 Å². The maximum atomic E-state index is 11.2. The van der Waals surface area contributed by atoms with Crippen LogP contribution in [0.5, 0.6) is 0 Å². The van der Waals surface area contributed by atoms with Gasteiger partial charge < -0.3 is 10.4 Å². The highest BCUT2D eigenvalue weighted by Crippen LogP contribution is 2.20. The van der Waals surface area contributed by atoms with Gasteiger partial charge in [-0.1, -0.05) is 13.8 Å². The van der Waals surface area contributed by atoms with Crippen LogP contribution in [0, 0.1) is 6.92 Å². The van der Waals surface area contributed by atoms with Crippen molar-refractivity contribution in [2.75, 3.05) is 5.32 Å². The van der Waals surface area contributed by atoms with E-state index in [2.05, 4.69) is 15.3 Å². The molecule has 2 aromatic rings. The second-order valence-electron chi connectivity index (χ2n) is 5.00. The van der Waals surface area contributed by atoms with Crippen LogP contribution in [0.25, 0.3) is 0 Å². The molecular formula is C15H17N3O2.